The lowest BCUT2D eigenvalue weighted by molar-refractivity contribution is -0.146. The highest BCUT2D eigenvalue weighted by Crippen LogP contribution is 2.27. The van der Waals surface area contributed by atoms with Crippen LogP contribution in [0.15, 0.2) is 36.4 Å². The minimum atomic E-state index is -0.951. The van der Waals surface area contributed by atoms with Gasteiger partial charge < -0.3 is 15.7 Å². The first-order valence-electron chi connectivity index (χ1n) is 8.45. The molecule has 0 unspecified atom stereocenters. The number of hydrogen-bond acceptors (Lipinski definition) is 3. The van der Waals surface area contributed by atoms with Crippen LogP contribution in [-0.2, 0) is 14.4 Å². The topological polar surface area (TPSA) is 95.5 Å². The second-order valence-corrected chi connectivity index (χ2v) is 6.71. The molecule has 25 heavy (non-hydrogen) atoms. The number of anilines is 2. The fourth-order valence-corrected chi connectivity index (χ4v) is 2.83. The van der Waals surface area contributed by atoms with Gasteiger partial charge in [0, 0.05) is 17.8 Å². The fraction of sp³-hybridized carbons (Fsp3) is 0.421. The molecule has 0 heterocycles. The summed E-state index contributed by atoms with van der Waals surface area (Å²) in [7, 11) is 0. The lowest BCUT2D eigenvalue weighted by Crippen LogP contribution is -2.34. The van der Waals surface area contributed by atoms with Crippen molar-refractivity contribution >= 4 is 29.2 Å². The highest BCUT2D eigenvalue weighted by Gasteiger charge is 2.33. The summed E-state index contributed by atoms with van der Waals surface area (Å²) in [4.78, 5) is 35.4. The van der Waals surface area contributed by atoms with E-state index < -0.39 is 17.8 Å². The van der Waals surface area contributed by atoms with Gasteiger partial charge in [-0.25, -0.2) is 0 Å². The maximum atomic E-state index is 12.4. The van der Waals surface area contributed by atoms with Crippen LogP contribution in [0.2, 0.25) is 0 Å². The Labute approximate surface area is 147 Å². The quantitative estimate of drug-likeness (QED) is 0.690. The molecule has 0 fully saturated rings. The Kier molecular flexibility index (Phi) is 6.33. The number of benzene rings is 1. The van der Waals surface area contributed by atoms with E-state index in [0.29, 0.717) is 30.6 Å². The van der Waals surface area contributed by atoms with Crippen molar-refractivity contribution in [1.29, 1.82) is 0 Å². The summed E-state index contributed by atoms with van der Waals surface area (Å²) in [5, 5.41) is 14.8. The van der Waals surface area contributed by atoms with Gasteiger partial charge in [-0.2, -0.15) is 0 Å². The normalized spacial score (nSPS) is 19.5. The van der Waals surface area contributed by atoms with Crippen molar-refractivity contribution in [3.63, 3.8) is 0 Å². The van der Waals surface area contributed by atoms with Crippen LogP contribution in [0.3, 0.4) is 0 Å². The first-order chi connectivity index (χ1) is 11.9. The number of hydrogen-bond donors (Lipinski definition) is 3. The number of carbonyl (C=O) groups is 3. The second-order valence-electron chi connectivity index (χ2n) is 6.71. The van der Waals surface area contributed by atoms with Gasteiger partial charge in [0.05, 0.1) is 11.8 Å². The van der Waals surface area contributed by atoms with Crippen LogP contribution in [0.25, 0.3) is 0 Å². The second kappa shape index (κ2) is 8.46. The Morgan fingerprint density at radius 2 is 1.52 bits per heavy atom. The summed E-state index contributed by atoms with van der Waals surface area (Å²) in [6.45, 7) is 3.95. The van der Waals surface area contributed by atoms with E-state index in [4.69, 9.17) is 0 Å². The smallest absolute Gasteiger partial charge is 0.307 e. The zero-order valence-electron chi connectivity index (χ0n) is 14.5. The van der Waals surface area contributed by atoms with Crippen molar-refractivity contribution in [2.24, 2.45) is 17.8 Å². The molecule has 0 bridgehead atoms. The van der Waals surface area contributed by atoms with Crippen LogP contribution >= 0.6 is 0 Å². The summed E-state index contributed by atoms with van der Waals surface area (Å²) in [5.41, 5.74) is 1.23. The average molecular weight is 344 g/mol. The molecule has 6 heteroatoms. The number of rotatable bonds is 6. The molecule has 2 amide bonds. The number of carboxylic acids is 1. The SMILES string of the molecule is CC(C)CC(=O)Nc1ccc(NC(=O)[C@H]2CC=CC[C@H]2C(=O)O)cc1. The largest absolute Gasteiger partial charge is 0.481 e. The summed E-state index contributed by atoms with van der Waals surface area (Å²) in [5.74, 6) is -2.29. The van der Waals surface area contributed by atoms with Gasteiger partial charge in [-0.1, -0.05) is 26.0 Å². The molecule has 0 radical (unpaired) electrons. The third-order valence-corrected chi connectivity index (χ3v) is 4.12. The molecular weight excluding hydrogens is 320 g/mol. The average Bonchev–Trinajstić information content (AvgIpc) is 2.55. The van der Waals surface area contributed by atoms with Gasteiger partial charge in [0.1, 0.15) is 0 Å². The van der Waals surface area contributed by atoms with Gasteiger partial charge in [0.2, 0.25) is 11.8 Å². The van der Waals surface area contributed by atoms with Crippen molar-refractivity contribution in [3.8, 4) is 0 Å². The van der Waals surface area contributed by atoms with Crippen molar-refractivity contribution in [2.45, 2.75) is 33.1 Å². The summed E-state index contributed by atoms with van der Waals surface area (Å²) >= 11 is 0. The van der Waals surface area contributed by atoms with Gasteiger partial charge in [-0.05, 0) is 43.0 Å². The first-order valence-corrected chi connectivity index (χ1v) is 8.45. The molecule has 0 aromatic heterocycles. The van der Waals surface area contributed by atoms with E-state index in [1.54, 1.807) is 30.3 Å². The summed E-state index contributed by atoms with van der Waals surface area (Å²) in [6.07, 6.45) is 4.89. The minimum absolute atomic E-state index is 0.0509. The standard InChI is InChI=1S/C19H24N2O4/c1-12(2)11-17(22)20-13-7-9-14(10-8-13)21-18(23)15-5-3-4-6-16(15)19(24)25/h3-4,7-10,12,15-16H,5-6,11H2,1-2H3,(H,20,22)(H,21,23)(H,24,25)/t15-,16+/m0/s1. The third-order valence-electron chi connectivity index (χ3n) is 4.12. The number of nitrogens with one attached hydrogen (secondary N) is 2. The minimum Gasteiger partial charge on any atom is -0.481 e. The van der Waals surface area contributed by atoms with E-state index in [9.17, 15) is 19.5 Å². The molecule has 6 nitrogen and oxygen atoms in total. The number of carboxylic acid groups (broad SMARTS) is 1. The molecule has 3 N–H and O–H groups in total. The van der Waals surface area contributed by atoms with Crippen molar-refractivity contribution in [2.75, 3.05) is 10.6 Å². The molecule has 1 aromatic carbocycles. The number of allylic oxidation sites excluding steroid dienone is 2. The van der Waals surface area contributed by atoms with Gasteiger partial charge in [0.25, 0.3) is 0 Å². The van der Waals surface area contributed by atoms with Crippen LogP contribution in [0.1, 0.15) is 33.1 Å². The van der Waals surface area contributed by atoms with Crippen molar-refractivity contribution in [1.82, 2.24) is 0 Å². The van der Waals surface area contributed by atoms with E-state index in [1.165, 1.54) is 0 Å². The molecular formula is C19H24N2O4. The van der Waals surface area contributed by atoms with Gasteiger partial charge in [-0.3, -0.25) is 14.4 Å². The summed E-state index contributed by atoms with van der Waals surface area (Å²) in [6, 6.07) is 6.81. The molecule has 0 saturated carbocycles. The highest BCUT2D eigenvalue weighted by molar-refractivity contribution is 5.96. The maximum absolute atomic E-state index is 12.4. The predicted molar refractivity (Wildman–Crippen MR) is 96.1 cm³/mol. The van der Waals surface area contributed by atoms with E-state index in [-0.39, 0.29) is 17.7 Å². The third kappa shape index (κ3) is 5.45. The van der Waals surface area contributed by atoms with Gasteiger partial charge in [-0.15, -0.1) is 0 Å². The Bertz CT molecular complexity index is 665. The van der Waals surface area contributed by atoms with Crippen molar-refractivity contribution in [3.05, 3.63) is 36.4 Å². The Balaban J connectivity index is 1.96. The molecule has 0 spiro atoms. The van der Waals surface area contributed by atoms with E-state index >= 15 is 0 Å². The van der Waals surface area contributed by atoms with Gasteiger partial charge in [0.15, 0.2) is 0 Å². The molecule has 2 rings (SSSR count). The highest BCUT2D eigenvalue weighted by atomic mass is 16.4. The Hall–Kier alpha value is -2.63. The molecule has 134 valence electrons. The first kappa shape index (κ1) is 18.7. The maximum Gasteiger partial charge on any atom is 0.307 e. The van der Waals surface area contributed by atoms with Crippen LogP contribution in [0.4, 0.5) is 11.4 Å². The van der Waals surface area contributed by atoms with Crippen LogP contribution in [-0.4, -0.2) is 22.9 Å². The van der Waals surface area contributed by atoms with Crippen LogP contribution in [0.5, 0.6) is 0 Å². The van der Waals surface area contributed by atoms with E-state index in [1.807, 2.05) is 19.9 Å². The lowest BCUT2D eigenvalue weighted by Gasteiger charge is -2.24. The number of aliphatic carboxylic acids is 1. The molecule has 1 aliphatic rings. The van der Waals surface area contributed by atoms with Crippen LogP contribution in [0, 0.1) is 17.8 Å². The zero-order chi connectivity index (χ0) is 18.4. The van der Waals surface area contributed by atoms with Crippen LogP contribution < -0.4 is 10.6 Å². The zero-order valence-corrected chi connectivity index (χ0v) is 14.5. The van der Waals surface area contributed by atoms with E-state index in [2.05, 4.69) is 10.6 Å². The van der Waals surface area contributed by atoms with E-state index in [0.717, 1.165) is 0 Å². The molecule has 0 saturated heterocycles. The van der Waals surface area contributed by atoms with Gasteiger partial charge >= 0.3 is 5.97 Å². The predicted octanol–water partition coefficient (Wildman–Crippen LogP) is 3.28. The molecule has 0 aliphatic heterocycles. The summed E-state index contributed by atoms with van der Waals surface area (Å²) < 4.78 is 0. The number of amides is 2. The Morgan fingerprint density at radius 1 is 1.00 bits per heavy atom. The molecule has 2 atom stereocenters. The fourth-order valence-electron chi connectivity index (χ4n) is 2.83. The monoisotopic (exact) mass is 344 g/mol. The molecule has 1 aliphatic carbocycles. The number of carbonyl (C=O) groups excluding carboxylic acids is 2. The molecule has 1 aromatic rings. The Morgan fingerprint density at radius 3 is 2.04 bits per heavy atom. The lowest BCUT2D eigenvalue weighted by atomic mass is 9.82. The van der Waals surface area contributed by atoms with Crippen molar-refractivity contribution < 1.29 is 19.5 Å².